The fourth-order valence-corrected chi connectivity index (χ4v) is 3.03. The second kappa shape index (κ2) is 5.86. The minimum Gasteiger partial charge on any atom is -0.479 e. The molecule has 2 heterocycles. The van der Waals surface area contributed by atoms with Crippen LogP contribution in [0.5, 0.6) is 5.88 Å². The number of H-pyrrole nitrogens is 1. The molecule has 1 aromatic carbocycles. The van der Waals surface area contributed by atoms with E-state index in [0.717, 1.165) is 33.3 Å². The van der Waals surface area contributed by atoms with E-state index in [9.17, 15) is 4.21 Å². The Morgan fingerprint density at radius 1 is 1.36 bits per heavy atom. The lowest BCUT2D eigenvalue weighted by Gasteiger charge is -2.08. The van der Waals surface area contributed by atoms with Crippen LogP contribution in [0, 0.1) is 6.92 Å². The first-order valence-electron chi connectivity index (χ1n) is 6.64. The van der Waals surface area contributed by atoms with E-state index in [0.29, 0.717) is 5.88 Å². The van der Waals surface area contributed by atoms with Crippen LogP contribution in [0.2, 0.25) is 0 Å². The summed E-state index contributed by atoms with van der Waals surface area (Å²) in [5.41, 5.74) is 4.32. The van der Waals surface area contributed by atoms with Gasteiger partial charge in [-0.25, -0.2) is 4.21 Å². The van der Waals surface area contributed by atoms with Crippen LogP contribution in [-0.4, -0.2) is 31.1 Å². The number of hydrogen-bond acceptors (Lipinski definition) is 4. The first-order chi connectivity index (χ1) is 10.6. The molecule has 0 aliphatic rings. The molecule has 0 saturated carbocycles. The molecule has 22 heavy (non-hydrogen) atoms. The molecule has 3 rings (SSSR count). The quantitative estimate of drug-likeness (QED) is 0.722. The minimum atomic E-state index is -1.85. The van der Waals surface area contributed by atoms with Crippen molar-refractivity contribution < 1.29 is 13.5 Å². The molecule has 0 spiro atoms. The summed E-state index contributed by atoms with van der Waals surface area (Å²) in [5, 5.41) is 7.85. The zero-order valence-electron chi connectivity index (χ0n) is 12.2. The second-order valence-corrected chi connectivity index (χ2v) is 5.85. The number of rotatable bonds is 4. The molecule has 2 N–H and O–H groups in total. The maximum atomic E-state index is 11.0. The van der Waals surface area contributed by atoms with E-state index in [-0.39, 0.29) is 5.75 Å². The van der Waals surface area contributed by atoms with E-state index in [1.165, 1.54) is 0 Å². The molecule has 114 valence electrons. The van der Waals surface area contributed by atoms with Crippen LogP contribution in [0.4, 0.5) is 0 Å². The van der Waals surface area contributed by atoms with Crippen molar-refractivity contribution in [2.45, 2.75) is 12.7 Å². The largest absolute Gasteiger partial charge is 0.479 e. The summed E-state index contributed by atoms with van der Waals surface area (Å²) in [7, 11) is 1.57. The van der Waals surface area contributed by atoms with Gasteiger partial charge in [-0.3, -0.25) is 10.1 Å². The van der Waals surface area contributed by atoms with Gasteiger partial charge >= 0.3 is 0 Å². The molecular weight excluding hydrogens is 302 g/mol. The summed E-state index contributed by atoms with van der Waals surface area (Å²) in [5.74, 6) is 0.620. The SMILES string of the molecule is COc1n[nH]c2ccnc(-c3ccc(CS(=O)O)c(C)c3)c12. The number of aryl methyl sites for hydroxylation is 1. The molecule has 2 aromatic heterocycles. The van der Waals surface area contributed by atoms with E-state index in [4.69, 9.17) is 9.29 Å². The third-order valence-corrected chi connectivity index (χ3v) is 4.09. The molecule has 0 fully saturated rings. The topological polar surface area (TPSA) is 88.1 Å². The van der Waals surface area contributed by atoms with E-state index in [1.807, 2.05) is 31.2 Å². The average molecular weight is 317 g/mol. The van der Waals surface area contributed by atoms with Crippen molar-refractivity contribution in [2.75, 3.05) is 7.11 Å². The number of hydrogen-bond donors (Lipinski definition) is 2. The molecule has 0 amide bonds. The van der Waals surface area contributed by atoms with Crippen molar-refractivity contribution in [3.8, 4) is 17.1 Å². The Morgan fingerprint density at radius 2 is 2.18 bits per heavy atom. The molecule has 0 saturated heterocycles. The van der Waals surface area contributed by atoms with Gasteiger partial charge in [-0.2, -0.15) is 0 Å². The van der Waals surface area contributed by atoms with Crippen molar-refractivity contribution in [3.05, 3.63) is 41.6 Å². The van der Waals surface area contributed by atoms with Gasteiger partial charge < -0.3 is 9.29 Å². The van der Waals surface area contributed by atoms with Gasteiger partial charge in [0.15, 0.2) is 11.1 Å². The van der Waals surface area contributed by atoms with Crippen LogP contribution in [0.15, 0.2) is 30.5 Å². The van der Waals surface area contributed by atoms with Gasteiger partial charge in [0, 0.05) is 11.8 Å². The van der Waals surface area contributed by atoms with Crippen LogP contribution in [0.3, 0.4) is 0 Å². The smallest absolute Gasteiger partial charge is 0.242 e. The van der Waals surface area contributed by atoms with Crippen molar-refractivity contribution in [2.24, 2.45) is 0 Å². The van der Waals surface area contributed by atoms with E-state index in [2.05, 4.69) is 15.2 Å². The third kappa shape index (κ3) is 2.60. The van der Waals surface area contributed by atoms with Crippen LogP contribution >= 0.6 is 0 Å². The highest BCUT2D eigenvalue weighted by atomic mass is 32.2. The van der Waals surface area contributed by atoms with Gasteiger partial charge in [-0.15, -0.1) is 5.10 Å². The van der Waals surface area contributed by atoms with Crippen molar-refractivity contribution in [1.29, 1.82) is 0 Å². The number of methoxy groups -OCH3 is 1. The summed E-state index contributed by atoms with van der Waals surface area (Å²) in [4.78, 5) is 4.44. The van der Waals surface area contributed by atoms with Gasteiger partial charge in [-0.05, 0) is 30.2 Å². The number of benzene rings is 1. The summed E-state index contributed by atoms with van der Waals surface area (Å²) < 4.78 is 25.3. The lowest BCUT2D eigenvalue weighted by atomic mass is 10.0. The van der Waals surface area contributed by atoms with Crippen LogP contribution in [0.1, 0.15) is 11.1 Å². The Bertz CT molecular complexity index is 860. The number of aromatic amines is 1. The first kappa shape index (κ1) is 14.7. The number of ether oxygens (including phenoxy) is 1. The van der Waals surface area contributed by atoms with Crippen LogP contribution < -0.4 is 4.74 Å². The highest BCUT2D eigenvalue weighted by Crippen LogP contribution is 2.32. The molecule has 0 aliphatic heterocycles. The highest BCUT2D eigenvalue weighted by Gasteiger charge is 2.14. The van der Waals surface area contributed by atoms with E-state index >= 15 is 0 Å². The summed E-state index contributed by atoms with van der Waals surface area (Å²) in [6.07, 6.45) is 1.71. The lowest BCUT2D eigenvalue weighted by molar-refractivity contribution is 0.401. The number of nitrogens with one attached hydrogen (secondary N) is 1. The minimum absolute atomic E-state index is 0.124. The fraction of sp³-hybridized carbons (Fsp3) is 0.200. The highest BCUT2D eigenvalue weighted by molar-refractivity contribution is 7.78. The van der Waals surface area contributed by atoms with Gasteiger partial charge in [-0.1, -0.05) is 12.1 Å². The molecule has 0 bridgehead atoms. The molecule has 1 unspecified atom stereocenters. The van der Waals surface area contributed by atoms with Gasteiger partial charge in [0.1, 0.15) is 0 Å². The van der Waals surface area contributed by atoms with E-state index < -0.39 is 11.1 Å². The summed E-state index contributed by atoms with van der Waals surface area (Å²) in [6.45, 7) is 1.92. The summed E-state index contributed by atoms with van der Waals surface area (Å²) in [6, 6.07) is 7.54. The molecule has 0 radical (unpaired) electrons. The van der Waals surface area contributed by atoms with Crippen molar-refractivity contribution in [1.82, 2.24) is 15.2 Å². The Morgan fingerprint density at radius 3 is 2.86 bits per heavy atom. The lowest BCUT2D eigenvalue weighted by Crippen LogP contribution is -1.96. The van der Waals surface area contributed by atoms with E-state index in [1.54, 1.807) is 13.3 Å². The zero-order valence-corrected chi connectivity index (χ0v) is 13.0. The normalized spacial score (nSPS) is 12.5. The maximum Gasteiger partial charge on any atom is 0.242 e. The number of nitrogens with zero attached hydrogens (tertiary/aromatic N) is 2. The predicted octanol–water partition coefficient (Wildman–Crippen LogP) is 2.66. The Labute approximate surface area is 129 Å². The average Bonchev–Trinajstić information content (AvgIpc) is 2.92. The zero-order chi connectivity index (χ0) is 15.7. The van der Waals surface area contributed by atoms with Gasteiger partial charge in [0.25, 0.3) is 0 Å². The first-order valence-corrected chi connectivity index (χ1v) is 7.92. The fourth-order valence-electron chi connectivity index (χ4n) is 2.44. The van der Waals surface area contributed by atoms with Crippen LogP contribution in [0.25, 0.3) is 22.2 Å². The molecule has 0 aliphatic carbocycles. The van der Waals surface area contributed by atoms with Crippen molar-refractivity contribution >= 4 is 22.0 Å². The Hall–Kier alpha value is -2.25. The number of pyridine rings is 1. The monoisotopic (exact) mass is 317 g/mol. The van der Waals surface area contributed by atoms with Gasteiger partial charge in [0.2, 0.25) is 5.88 Å². The standard InChI is InChI=1S/C15H15N3O3S/c1-9-7-10(3-4-11(9)8-22(19)20)14-13-12(5-6-16-14)17-18-15(13)21-2/h3-7H,8H2,1-2H3,(H,17,18)(H,19,20). The molecular formula is C15H15N3O3S. The molecule has 1 atom stereocenters. The Balaban J connectivity index is 2.13. The molecule has 3 aromatic rings. The van der Waals surface area contributed by atoms with Gasteiger partial charge in [0.05, 0.1) is 29.5 Å². The Kier molecular flexibility index (Phi) is 3.91. The number of aromatic nitrogens is 3. The maximum absolute atomic E-state index is 11.0. The molecule has 6 nitrogen and oxygen atoms in total. The summed E-state index contributed by atoms with van der Waals surface area (Å²) >= 11 is -1.85. The van der Waals surface area contributed by atoms with Crippen LogP contribution in [-0.2, 0) is 16.8 Å². The predicted molar refractivity (Wildman–Crippen MR) is 85.1 cm³/mol. The molecule has 7 heteroatoms. The van der Waals surface area contributed by atoms with Crippen molar-refractivity contribution in [3.63, 3.8) is 0 Å². The second-order valence-electron chi connectivity index (χ2n) is 4.92. The number of fused-ring (bicyclic) bond motifs is 1. The third-order valence-electron chi connectivity index (χ3n) is 3.53.